The molecule has 17 unspecified atom stereocenters. The molecule has 0 aromatic rings. The van der Waals surface area contributed by atoms with Crippen LogP contribution in [0.25, 0.3) is 0 Å². The second-order valence-corrected chi connectivity index (χ2v) is 23.9. The Labute approximate surface area is 527 Å². The van der Waals surface area contributed by atoms with Crippen LogP contribution in [0, 0.1) is 0 Å². The Morgan fingerprint density at radius 3 is 1.23 bits per heavy atom. The molecule has 508 valence electrons. The fraction of sp³-hybridized carbons (Fsp3) is 0.783. The molecule has 0 aromatic carbocycles. The summed E-state index contributed by atoms with van der Waals surface area (Å²) in [5.41, 5.74) is 0. The zero-order valence-electron chi connectivity index (χ0n) is 53.4. The summed E-state index contributed by atoms with van der Waals surface area (Å²) in [5.74, 6) is -0.283. The highest BCUT2D eigenvalue weighted by molar-refractivity contribution is 5.76. The van der Waals surface area contributed by atoms with Gasteiger partial charge in [0.15, 0.2) is 18.9 Å². The predicted molar refractivity (Wildman–Crippen MR) is 341 cm³/mol. The van der Waals surface area contributed by atoms with E-state index in [1.165, 1.54) is 96.3 Å². The Bertz CT molecular complexity index is 1930. The van der Waals surface area contributed by atoms with E-state index in [0.717, 1.165) is 89.9 Å². The monoisotopic (exact) mass is 1250 g/mol. The first-order valence-corrected chi connectivity index (χ1v) is 33.8. The topological polar surface area (TPSA) is 307 Å². The smallest absolute Gasteiger partial charge is 0.220 e. The fourth-order valence-corrected chi connectivity index (χ4v) is 11.0. The molecule has 19 nitrogen and oxygen atoms in total. The van der Waals surface area contributed by atoms with Gasteiger partial charge in [0.1, 0.15) is 73.2 Å². The lowest BCUT2D eigenvalue weighted by atomic mass is 9.96. The number of rotatable bonds is 50. The van der Waals surface area contributed by atoms with Crippen molar-refractivity contribution < 1.29 is 89.4 Å². The van der Waals surface area contributed by atoms with Crippen LogP contribution in [0.4, 0.5) is 0 Å². The van der Waals surface area contributed by atoms with Crippen LogP contribution in [0.1, 0.15) is 213 Å². The molecule has 0 bridgehead atoms. The summed E-state index contributed by atoms with van der Waals surface area (Å²) in [6.45, 7) is 1.50. The van der Waals surface area contributed by atoms with Gasteiger partial charge in [0, 0.05) is 6.42 Å². The molecule has 0 aliphatic carbocycles. The number of aliphatic hydroxyl groups excluding tert-OH is 11. The van der Waals surface area contributed by atoms with Crippen molar-refractivity contribution >= 4 is 5.91 Å². The summed E-state index contributed by atoms with van der Waals surface area (Å²) in [7, 11) is 0. The highest BCUT2D eigenvalue weighted by Crippen LogP contribution is 2.33. The summed E-state index contributed by atoms with van der Waals surface area (Å²) in [4.78, 5) is 13.3. The molecule has 19 heteroatoms. The maximum absolute atomic E-state index is 13.3. The van der Waals surface area contributed by atoms with Gasteiger partial charge in [-0.1, -0.05) is 221 Å². The van der Waals surface area contributed by atoms with Gasteiger partial charge in [-0.05, 0) is 70.6 Å². The minimum atomic E-state index is -1.98. The fourth-order valence-electron chi connectivity index (χ4n) is 11.0. The van der Waals surface area contributed by atoms with Gasteiger partial charge >= 0.3 is 0 Å². The number of hydrogen-bond acceptors (Lipinski definition) is 18. The van der Waals surface area contributed by atoms with Crippen LogP contribution in [0.2, 0.25) is 0 Å². The largest absolute Gasteiger partial charge is 0.394 e. The van der Waals surface area contributed by atoms with Crippen molar-refractivity contribution in [2.75, 3.05) is 26.4 Å². The molecular weight excluding hydrogens is 1130 g/mol. The van der Waals surface area contributed by atoms with Crippen LogP contribution in [0.15, 0.2) is 85.1 Å². The van der Waals surface area contributed by atoms with E-state index in [4.69, 9.17) is 28.4 Å². The Morgan fingerprint density at radius 2 is 0.784 bits per heavy atom. The molecule has 1 amide bonds. The highest BCUT2D eigenvalue weighted by atomic mass is 16.8. The SMILES string of the molecule is CC/C=C\C/C=C\C/C=C\C/C=C\C/C=C\C/C=C\CCCCCCCCCCCCCCCCCCCCC(=O)NC(COC1OC(CO)C(OC2OC(CO)C(OC3OC(CO)C(O)C(O)C3O)C(O)C2O)C(O)C1O)C(O)/C=C/CCCCCC. The Balaban J connectivity index is 1.26. The second-order valence-electron chi connectivity index (χ2n) is 23.9. The van der Waals surface area contributed by atoms with E-state index in [-0.39, 0.29) is 18.9 Å². The van der Waals surface area contributed by atoms with Crippen molar-refractivity contribution in [1.29, 1.82) is 0 Å². The minimum Gasteiger partial charge on any atom is -0.394 e. The summed E-state index contributed by atoms with van der Waals surface area (Å²) >= 11 is 0. The molecule has 0 spiro atoms. The molecule has 17 atom stereocenters. The van der Waals surface area contributed by atoms with Crippen LogP contribution in [-0.4, -0.2) is 193 Å². The first kappa shape index (κ1) is 79.2. The third-order valence-corrected chi connectivity index (χ3v) is 16.4. The van der Waals surface area contributed by atoms with Gasteiger partial charge in [-0.3, -0.25) is 4.79 Å². The third-order valence-electron chi connectivity index (χ3n) is 16.4. The molecular formula is C69H119NO18. The van der Waals surface area contributed by atoms with E-state index < -0.39 is 124 Å². The van der Waals surface area contributed by atoms with Crippen LogP contribution in [0.3, 0.4) is 0 Å². The minimum absolute atomic E-state index is 0.240. The summed E-state index contributed by atoms with van der Waals surface area (Å²) in [6, 6.07) is -0.972. The standard InChI is InChI=1S/C69H119NO18/c1-3-5-7-9-11-12-13-14-15-16-17-18-19-20-21-22-23-24-25-26-27-28-29-30-31-32-33-34-35-36-37-38-39-40-41-43-45-47-57(75)70-52(53(74)46-44-42-10-8-6-4-2)51-83-67-63(81)60(78)65(55(49-72)85-67)88-69-64(82)61(79)66(56(50-73)86-69)87-68-62(80)59(77)58(76)54(48-71)84-68/h5,7,11-12,14-15,17-18,20-21,23-24,44,46,52-56,58-69,71-74,76-82H,3-4,6,8-10,13,16,19,22,25-43,45,47-51H2,1-2H3,(H,70,75)/b7-5-,12-11-,15-14-,18-17-,21-20-,24-23-,46-44+. The van der Waals surface area contributed by atoms with Gasteiger partial charge < -0.3 is 89.9 Å². The first-order chi connectivity index (χ1) is 42.8. The summed E-state index contributed by atoms with van der Waals surface area (Å²) in [6.07, 6.45) is 37.9. The number of hydrogen-bond donors (Lipinski definition) is 12. The normalized spacial score (nSPS) is 28.9. The third kappa shape index (κ3) is 32.5. The lowest BCUT2D eigenvalue weighted by Crippen LogP contribution is -2.66. The first-order valence-electron chi connectivity index (χ1n) is 33.8. The number of carbonyl (C=O) groups excluding carboxylic acids is 1. The lowest BCUT2D eigenvalue weighted by molar-refractivity contribution is -0.379. The zero-order chi connectivity index (χ0) is 64.0. The quantitative estimate of drug-likeness (QED) is 0.0201. The van der Waals surface area contributed by atoms with Crippen LogP contribution < -0.4 is 5.32 Å². The molecule has 3 saturated heterocycles. The van der Waals surface area contributed by atoms with E-state index in [2.05, 4.69) is 92.1 Å². The number of allylic oxidation sites excluding steroid dienone is 13. The molecule has 0 aromatic heterocycles. The molecule has 3 fully saturated rings. The second kappa shape index (κ2) is 50.5. The van der Waals surface area contributed by atoms with Crippen molar-refractivity contribution in [2.24, 2.45) is 0 Å². The van der Waals surface area contributed by atoms with E-state index >= 15 is 0 Å². The van der Waals surface area contributed by atoms with Crippen molar-refractivity contribution in [3.05, 3.63) is 85.1 Å². The maximum Gasteiger partial charge on any atom is 0.220 e. The van der Waals surface area contributed by atoms with E-state index in [1.54, 1.807) is 6.08 Å². The molecule has 88 heavy (non-hydrogen) atoms. The van der Waals surface area contributed by atoms with Crippen molar-refractivity contribution in [3.63, 3.8) is 0 Å². The molecule has 0 radical (unpaired) electrons. The Morgan fingerprint density at radius 1 is 0.420 bits per heavy atom. The Kier molecular flexibility index (Phi) is 45.5. The Hall–Kier alpha value is -3.03. The number of aliphatic hydroxyl groups is 11. The number of carbonyl (C=O) groups is 1. The summed E-state index contributed by atoms with van der Waals surface area (Å²) in [5, 5.41) is 120. The molecule has 3 rings (SSSR count). The molecule has 3 aliphatic rings. The highest BCUT2D eigenvalue weighted by Gasteiger charge is 2.53. The number of amides is 1. The van der Waals surface area contributed by atoms with Gasteiger partial charge in [-0.25, -0.2) is 0 Å². The lowest BCUT2D eigenvalue weighted by Gasteiger charge is -2.48. The molecule has 0 saturated carbocycles. The van der Waals surface area contributed by atoms with Crippen LogP contribution >= 0.6 is 0 Å². The van der Waals surface area contributed by atoms with Crippen molar-refractivity contribution in [1.82, 2.24) is 5.32 Å². The average Bonchev–Trinajstić information content (AvgIpc) is 0.949. The molecule has 12 N–H and O–H groups in total. The maximum atomic E-state index is 13.3. The van der Waals surface area contributed by atoms with E-state index in [9.17, 15) is 61.0 Å². The molecule has 3 aliphatic heterocycles. The van der Waals surface area contributed by atoms with Crippen LogP contribution in [-0.2, 0) is 33.2 Å². The number of ether oxygens (including phenoxy) is 6. The number of unbranched alkanes of at least 4 members (excludes halogenated alkanes) is 22. The van der Waals surface area contributed by atoms with Gasteiger partial charge in [0.2, 0.25) is 5.91 Å². The zero-order valence-corrected chi connectivity index (χ0v) is 53.4. The average molecular weight is 1250 g/mol. The van der Waals surface area contributed by atoms with Crippen molar-refractivity contribution in [3.8, 4) is 0 Å². The van der Waals surface area contributed by atoms with Crippen LogP contribution in [0.5, 0.6) is 0 Å². The van der Waals surface area contributed by atoms with Gasteiger partial charge in [-0.2, -0.15) is 0 Å². The van der Waals surface area contributed by atoms with Crippen molar-refractivity contribution in [2.45, 2.75) is 317 Å². The van der Waals surface area contributed by atoms with Gasteiger partial charge in [-0.15, -0.1) is 0 Å². The number of nitrogens with one attached hydrogen (secondary N) is 1. The molecule has 3 heterocycles. The van der Waals surface area contributed by atoms with E-state index in [0.29, 0.717) is 6.42 Å². The predicted octanol–water partition coefficient (Wildman–Crippen LogP) is 8.32. The van der Waals surface area contributed by atoms with Gasteiger partial charge in [0.25, 0.3) is 0 Å². The summed E-state index contributed by atoms with van der Waals surface area (Å²) < 4.78 is 34.1. The van der Waals surface area contributed by atoms with E-state index in [1.807, 2.05) is 6.08 Å². The van der Waals surface area contributed by atoms with Gasteiger partial charge in [0.05, 0.1) is 38.6 Å².